The summed E-state index contributed by atoms with van der Waals surface area (Å²) in [5.41, 5.74) is 4.00. The Balaban J connectivity index is 1.37. The lowest BCUT2D eigenvalue weighted by Gasteiger charge is -2.18. The first-order valence-electron chi connectivity index (χ1n) is 13.6. The van der Waals surface area contributed by atoms with Crippen molar-refractivity contribution in [3.8, 4) is 5.75 Å². The molecule has 3 aromatic carbocycles. The lowest BCUT2D eigenvalue weighted by molar-refractivity contribution is -0.141. The number of amides is 4. The molecule has 1 unspecified atom stereocenters. The minimum absolute atomic E-state index is 0.0485. The third kappa shape index (κ3) is 8.61. The maximum absolute atomic E-state index is 12.8. The van der Waals surface area contributed by atoms with Crippen LogP contribution in [0.2, 0.25) is 0 Å². The molecular formula is C32H32N6O6. The van der Waals surface area contributed by atoms with Crippen LogP contribution in [0.5, 0.6) is 5.75 Å². The van der Waals surface area contributed by atoms with Crippen molar-refractivity contribution in [1.29, 1.82) is 0 Å². The van der Waals surface area contributed by atoms with Crippen molar-refractivity contribution in [3.63, 3.8) is 0 Å². The third-order valence-electron chi connectivity index (χ3n) is 6.58. The van der Waals surface area contributed by atoms with E-state index in [9.17, 15) is 19.2 Å². The zero-order valence-corrected chi connectivity index (χ0v) is 24.4. The second-order valence-electron chi connectivity index (χ2n) is 9.69. The highest BCUT2D eigenvalue weighted by Crippen LogP contribution is 2.27. The van der Waals surface area contributed by atoms with Gasteiger partial charge in [0.2, 0.25) is 5.91 Å². The van der Waals surface area contributed by atoms with Gasteiger partial charge in [-0.05, 0) is 66.1 Å². The minimum Gasteiger partial charge on any atom is -0.495 e. The molecule has 0 aliphatic rings. The Hall–Kier alpha value is -5.78. The van der Waals surface area contributed by atoms with E-state index in [0.29, 0.717) is 33.9 Å². The number of para-hydroxylation sites is 1. The van der Waals surface area contributed by atoms with Crippen LogP contribution in [0.4, 0.5) is 21.9 Å². The Morgan fingerprint density at radius 1 is 0.841 bits per heavy atom. The number of carbonyl (C=O) groups excluding carboxylic acids is 4. The quantitative estimate of drug-likeness (QED) is 0.182. The monoisotopic (exact) mass is 596 g/mol. The van der Waals surface area contributed by atoms with Crippen molar-refractivity contribution in [2.45, 2.75) is 25.8 Å². The van der Waals surface area contributed by atoms with Gasteiger partial charge in [-0.1, -0.05) is 36.4 Å². The molecular weight excluding hydrogens is 564 g/mol. The van der Waals surface area contributed by atoms with Crippen molar-refractivity contribution in [2.24, 2.45) is 0 Å². The van der Waals surface area contributed by atoms with Gasteiger partial charge < -0.3 is 30.7 Å². The number of ether oxygens (including phenoxy) is 2. The number of urea groups is 1. The summed E-state index contributed by atoms with van der Waals surface area (Å²) in [5, 5.41) is 18.7. The second-order valence-corrected chi connectivity index (χ2v) is 9.69. The molecule has 4 rings (SSSR count). The van der Waals surface area contributed by atoms with Crippen LogP contribution >= 0.6 is 0 Å². The molecule has 4 aromatic rings. The average molecular weight is 597 g/mol. The number of aromatic nitrogens is 2. The Bertz CT molecular complexity index is 1630. The van der Waals surface area contributed by atoms with Crippen molar-refractivity contribution in [3.05, 3.63) is 107 Å². The molecule has 4 amide bonds. The van der Waals surface area contributed by atoms with Gasteiger partial charge in [0.15, 0.2) is 5.69 Å². The zero-order valence-electron chi connectivity index (χ0n) is 24.4. The largest absolute Gasteiger partial charge is 0.495 e. The predicted molar refractivity (Wildman–Crippen MR) is 164 cm³/mol. The SMILES string of the molecule is COC(=O)CC(NC(=O)c1cccnn1)c1ccc(NC(=O)Cc2ccc(NC(=O)Nc3ccccc3C)c(OC)c2)cc1. The summed E-state index contributed by atoms with van der Waals surface area (Å²) in [7, 11) is 2.75. The van der Waals surface area contributed by atoms with E-state index >= 15 is 0 Å². The maximum Gasteiger partial charge on any atom is 0.323 e. The predicted octanol–water partition coefficient (Wildman–Crippen LogP) is 4.65. The van der Waals surface area contributed by atoms with Gasteiger partial charge in [-0.25, -0.2) is 4.79 Å². The van der Waals surface area contributed by atoms with Crippen LogP contribution in [0.25, 0.3) is 0 Å². The number of hydrogen-bond donors (Lipinski definition) is 4. The Morgan fingerprint density at radius 2 is 1.59 bits per heavy atom. The van der Waals surface area contributed by atoms with Crippen LogP contribution in [0.3, 0.4) is 0 Å². The van der Waals surface area contributed by atoms with Gasteiger partial charge in [0.05, 0.1) is 38.8 Å². The second kappa shape index (κ2) is 14.9. The fourth-order valence-electron chi connectivity index (χ4n) is 4.28. The summed E-state index contributed by atoms with van der Waals surface area (Å²) in [6.45, 7) is 1.90. The molecule has 0 saturated carbocycles. The molecule has 0 fully saturated rings. The number of nitrogens with zero attached hydrogens (tertiary/aromatic N) is 2. The molecule has 1 aromatic heterocycles. The number of rotatable bonds is 11. The smallest absolute Gasteiger partial charge is 0.323 e. The van der Waals surface area contributed by atoms with Crippen molar-refractivity contribution < 1.29 is 28.7 Å². The summed E-state index contributed by atoms with van der Waals surface area (Å²) < 4.78 is 10.2. The van der Waals surface area contributed by atoms with E-state index in [4.69, 9.17) is 9.47 Å². The Labute approximate surface area is 254 Å². The summed E-state index contributed by atoms with van der Waals surface area (Å²) in [6, 6.07) is 21.2. The van der Waals surface area contributed by atoms with Gasteiger partial charge in [0.25, 0.3) is 5.91 Å². The summed E-state index contributed by atoms with van der Waals surface area (Å²) in [5.74, 6) is -0.872. The van der Waals surface area contributed by atoms with E-state index < -0.39 is 23.9 Å². The maximum atomic E-state index is 12.8. The van der Waals surface area contributed by atoms with Gasteiger partial charge in [-0.15, -0.1) is 5.10 Å². The fourth-order valence-corrected chi connectivity index (χ4v) is 4.28. The molecule has 12 heteroatoms. The number of methoxy groups -OCH3 is 2. The first kappa shape index (κ1) is 31.2. The van der Waals surface area contributed by atoms with Crippen molar-refractivity contribution >= 4 is 40.9 Å². The van der Waals surface area contributed by atoms with Crippen LogP contribution in [0, 0.1) is 6.92 Å². The minimum atomic E-state index is -0.694. The molecule has 44 heavy (non-hydrogen) atoms. The molecule has 0 spiro atoms. The number of nitrogens with one attached hydrogen (secondary N) is 4. The fraction of sp³-hybridized carbons (Fsp3) is 0.188. The molecule has 0 radical (unpaired) electrons. The van der Waals surface area contributed by atoms with Gasteiger partial charge in [0, 0.05) is 17.6 Å². The number of carbonyl (C=O) groups is 4. The molecule has 0 bridgehead atoms. The molecule has 1 atom stereocenters. The molecule has 226 valence electrons. The topological polar surface area (TPSA) is 161 Å². The normalized spacial score (nSPS) is 11.1. The Morgan fingerprint density at radius 3 is 2.27 bits per heavy atom. The van der Waals surface area contributed by atoms with Gasteiger partial charge in [-0.2, -0.15) is 5.10 Å². The van der Waals surface area contributed by atoms with Gasteiger partial charge in [0.1, 0.15) is 5.75 Å². The zero-order chi connectivity index (χ0) is 31.5. The number of anilines is 3. The van der Waals surface area contributed by atoms with E-state index in [1.807, 2.05) is 31.2 Å². The van der Waals surface area contributed by atoms with Crippen LogP contribution in [0.15, 0.2) is 85.1 Å². The van der Waals surface area contributed by atoms with E-state index in [0.717, 1.165) is 5.56 Å². The number of benzene rings is 3. The van der Waals surface area contributed by atoms with E-state index in [1.54, 1.807) is 48.5 Å². The molecule has 1 heterocycles. The molecule has 0 saturated heterocycles. The molecule has 12 nitrogen and oxygen atoms in total. The van der Waals surface area contributed by atoms with E-state index in [2.05, 4.69) is 31.5 Å². The highest BCUT2D eigenvalue weighted by molar-refractivity contribution is 6.01. The van der Waals surface area contributed by atoms with Crippen LogP contribution in [-0.2, 0) is 20.7 Å². The lowest BCUT2D eigenvalue weighted by Crippen LogP contribution is -2.31. The van der Waals surface area contributed by atoms with Crippen LogP contribution < -0.4 is 26.0 Å². The number of esters is 1. The van der Waals surface area contributed by atoms with Gasteiger partial charge >= 0.3 is 12.0 Å². The highest BCUT2D eigenvalue weighted by Gasteiger charge is 2.21. The first-order chi connectivity index (χ1) is 21.2. The number of aryl methyl sites for hydroxylation is 1. The summed E-state index contributed by atoms with van der Waals surface area (Å²) >= 11 is 0. The lowest BCUT2D eigenvalue weighted by atomic mass is 10.0. The van der Waals surface area contributed by atoms with E-state index in [1.165, 1.54) is 26.5 Å². The third-order valence-corrected chi connectivity index (χ3v) is 6.58. The molecule has 0 aliphatic carbocycles. The standard InChI is InChI=1S/C32H32N6O6/c1-20-7-4-5-8-24(20)36-32(42)37-25-15-10-21(17-28(25)43-2)18-29(39)34-23-13-11-22(12-14-23)27(19-30(40)44-3)35-31(41)26-9-6-16-33-38-26/h4-17,27H,18-19H2,1-3H3,(H,34,39)(H,35,41)(H2,36,37,42). The van der Waals surface area contributed by atoms with Crippen LogP contribution in [-0.4, -0.2) is 48.2 Å². The van der Waals surface area contributed by atoms with Crippen LogP contribution in [0.1, 0.15) is 39.6 Å². The average Bonchev–Trinajstić information content (AvgIpc) is 3.03. The van der Waals surface area contributed by atoms with Crippen molar-refractivity contribution in [2.75, 3.05) is 30.2 Å². The number of hydrogen-bond acceptors (Lipinski definition) is 8. The highest BCUT2D eigenvalue weighted by atomic mass is 16.5. The first-order valence-corrected chi connectivity index (χ1v) is 13.6. The van der Waals surface area contributed by atoms with Crippen molar-refractivity contribution in [1.82, 2.24) is 15.5 Å². The van der Waals surface area contributed by atoms with E-state index in [-0.39, 0.29) is 24.4 Å². The molecule has 0 aliphatic heterocycles. The molecule has 4 N–H and O–H groups in total. The summed E-state index contributed by atoms with van der Waals surface area (Å²) in [6.07, 6.45) is 1.40. The Kier molecular flexibility index (Phi) is 10.6. The summed E-state index contributed by atoms with van der Waals surface area (Å²) in [4.78, 5) is 50.0. The van der Waals surface area contributed by atoms with Gasteiger partial charge in [-0.3, -0.25) is 14.4 Å².